The number of sulfone groups is 1. The Kier molecular flexibility index (Phi) is 8.97. The fourth-order valence-corrected chi connectivity index (χ4v) is 9.95. The summed E-state index contributed by atoms with van der Waals surface area (Å²) in [5, 5.41) is 10.5. The van der Waals surface area contributed by atoms with E-state index in [-0.39, 0.29) is 28.2 Å². The van der Waals surface area contributed by atoms with Gasteiger partial charge >= 0.3 is 0 Å². The topological polar surface area (TPSA) is 63.6 Å². The summed E-state index contributed by atoms with van der Waals surface area (Å²) < 4.78 is 34.1. The third-order valence-electron chi connectivity index (χ3n) is 9.86. The zero-order chi connectivity index (χ0) is 27.0. The third kappa shape index (κ3) is 6.84. The Hall–Kier alpha value is -0.693. The summed E-state index contributed by atoms with van der Waals surface area (Å²) in [5.74, 6) is 1.17. The molecule has 0 radical (unpaired) electrons. The van der Waals surface area contributed by atoms with Crippen LogP contribution in [0.15, 0.2) is 35.2 Å². The summed E-state index contributed by atoms with van der Waals surface area (Å²) in [6, 6.07) is 8.95. The first-order chi connectivity index (χ1) is 16.5. The Morgan fingerprint density at radius 1 is 1.08 bits per heavy atom. The van der Waals surface area contributed by atoms with Crippen LogP contribution in [0.25, 0.3) is 0 Å². The van der Waals surface area contributed by atoms with Gasteiger partial charge < -0.3 is 9.53 Å². The summed E-state index contributed by atoms with van der Waals surface area (Å²) >= 11 is 0. The van der Waals surface area contributed by atoms with Crippen LogP contribution in [0, 0.1) is 23.2 Å². The van der Waals surface area contributed by atoms with E-state index in [0.717, 1.165) is 44.9 Å². The van der Waals surface area contributed by atoms with Gasteiger partial charge in [0.15, 0.2) is 18.2 Å². The molecule has 2 fully saturated rings. The number of fused-ring (bicyclic) bond motifs is 1. The van der Waals surface area contributed by atoms with Crippen LogP contribution < -0.4 is 0 Å². The van der Waals surface area contributed by atoms with Gasteiger partial charge in [-0.3, -0.25) is 0 Å². The zero-order valence-electron chi connectivity index (χ0n) is 24.1. The van der Waals surface area contributed by atoms with Crippen molar-refractivity contribution in [3.63, 3.8) is 0 Å². The van der Waals surface area contributed by atoms with E-state index in [2.05, 4.69) is 40.8 Å². The second kappa shape index (κ2) is 10.8. The van der Waals surface area contributed by atoms with Gasteiger partial charge in [0.1, 0.15) is 0 Å². The van der Waals surface area contributed by atoms with Gasteiger partial charge in [0, 0.05) is 6.10 Å². The van der Waals surface area contributed by atoms with Gasteiger partial charge in [-0.05, 0) is 106 Å². The Morgan fingerprint density at radius 2 is 1.72 bits per heavy atom. The van der Waals surface area contributed by atoms with E-state index in [0.29, 0.717) is 23.2 Å². The van der Waals surface area contributed by atoms with Gasteiger partial charge in [-0.15, -0.1) is 0 Å². The standard InChI is InChI=1S/C30H52O4SSi/c1-28(2,3)36(7,8)34-27-17-13-21-30(6)25(18-19-26(27)30)23(14-12-20-29(4,5)31)22-35(32,33)24-15-10-9-11-16-24/h9-11,15-16,23,25-27,31H,12-14,17-22H2,1-8H3/t23-,25?,26?,27-,30+/m0/s1. The van der Waals surface area contributed by atoms with Gasteiger partial charge in [-0.25, -0.2) is 8.42 Å². The molecular formula is C30H52O4SSi. The van der Waals surface area contributed by atoms with E-state index >= 15 is 0 Å². The van der Waals surface area contributed by atoms with Crippen LogP contribution in [0.2, 0.25) is 18.1 Å². The molecule has 2 aliphatic carbocycles. The molecule has 2 saturated carbocycles. The molecular weight excluding hydrogens is 484 g/mol. The van der Waals surface area contributed by atoms with Crippen molar-refractivity contribution in [2.45, 2.75) is 128 Å². The maximum atomic E-state index is 13.5. The average Bonchev–Trinajstić information content (AvgIpc) is 3.09. The van der Waals surface area contributed by atoms with Crippen molar-refractivity contribution in [2.24, 2.45) is 23.2 Å². The van der Waals surface area contributed by atoms with Crippen LogP contribution in [-0.2, 0) is 14.3 Å². The third-order valence-corrected chi connectivity index (χ3v) is 16.2. The predicted octanol–water partition coefficient (Wildman–Crippen LogP) is 7.62. The lowest BCUT2D eigenvalue weighted by molar-refractivity contribution is -0.0215. The largest absolute Gasteiger partial charge is 0.414 e. The lowest BCUT2D eigenvalue weighted by Crippen LogP contribution is -2.50. The Balaban J connectivity index is 1.86. The van der Waals surface area contributed by atoms with E-state index in [9.17, 15) is 13.5 Å². The van der Waals surface area contributed by atoms with Crippen molar-refractivity contribution >= 4 is 18.2 Å². The molecule has 1 aromatic rings. The summed E-state index contributed by atoms with van der Waals surface area (Å²) in [6.45, 7) is 17.8. The van der Waals surface area contributed by atoms with Crippen LogP contribution in [0.5, 0.6) is 0 Å². The van der Waals surface area contributed by atoms with E-state index in [1.54, 1.807) is 12.1 Å². The lowest BCUT2D eigenvalue weighted by Gasteiger charge is -2.50. The van der Waals surface area contributed by atoms with Gasteiger partial charge in [-0.1, -0.05) is 58.7 Å². The highest BCUT2D eigenvalue weighted by atomic mass is 32.2. The molecule has 6 heteroatoms. The highest BCUT2D eigenvalue weighted by Crippen LogP contribution is 2.60. The molecule has 0 bridgehead atoms. The number of hydrogen-bond acceptors (Lipinski definition) is 4. The Morgan fingerprint density at radius 3 is 2.31 bits per heavy atom. The van der Waals surface area contributed by atoms with E-state index < -0.39 is 23.8 Å². The highest BCUT2D eigenvalue weighted by Gasteiger charge is 2.55. The first kappa shape index (κ1) is 29.9. The van der Waals surface area contributed by atoms with Crippen LogP contribution in [0.1, 0.15) is 92.9 Å². The van der Waals surface area contributed by atoms with Gasteiger partial charge in [-0.2, -0.15) is 0 Å². The fraction of sp³-hybridized carbons (Fsp3) is 0.800. The molecule has 1 N–H and O–H groups in total. The number of hydrogen-bond donors (Lipinski definition) is 1. The maximum absolute atomic E-state index is 13.5. The van der Waals surface area contributed by atoms with E-state index in [4.69, 9.17) is 4.43 Å². The Bertz CT molecular complexity index is 961. The van der Waals surface area contributed by atoms with Gasteiger partial charge in [0.05, 0.1) is 16.2 Å². The molecule has 0 aliphatic heterocycles. The molecule has 0 heterocycles. The maximum Gasteiger partial charge on any atom is 0.192 e. The fourth-order valence-electron chi connectivity index (χ4n) is 6.83. The molecule has 3 rings (SSSR count). The highest BCUT2D eigenvalue weighted by molar-refractivity contribution is 7.91. The average molecular weight is 537 g/mol. The summed E-state index contributed by atoms with van der Waals surface area (Å²) in [5.41, 5.74) is -0.616. The molecule has 4 nitrogen and oxygen atoms in total. The van der Waals surface area contributed by atoms with Gasteiger partial charge in [0.2, 0.25) is 0 Å². The minimum atomic E-state index is -3.38. The van der Waals surface area contributed by atoms with E-state index in [1.807, 2.05) is 32.0 Å². The molecule has 0 aromatic heterocycles. The first-order valence-corrected chi connectivity index (χ1v) is 18.7. The monoisotopic (exact) mass is 536 g/mol. The van der Waals surface area contributed by atoms with Crippen molar-refractivity contribution in [1.29, 1.82) is 0 Å². The SMILES string of the molecule is CC(C)(O)CCC[C@@H](CS(=O)(=O)c1ccccc1)C1CCC2[C@@H](O[Si](C)(C)C(C)(C)C)CCC[C@]12C. The van der Waals surface area contributed by atoms with Crippen molar-refractivity contribution in [2.75, 3.05) is 5.75 Å². The number of benzene rings is 1. The number of aliphatic hydroxyl groups is 1. The van der Waals surface area contributed by atoms with Crippen molar-refractivity contribution < 1.29 is 18.0 Å². The normalized spacial score (nSPS) is 28.6. The molecule has 1 aromatic carbocycles. The summed E-state index contributed by atoms with van der Waals surface area (Å²) in [6.07, 6.45) is 8.33. The molecule has 36 heavy (non-hydrogen) atoms. The van der Waals surface area contributed by atoms with E-state index in [1.165, 1.54) is 0 Å². The molecule has 0 saturated heterocycles. The summed E-state index contributed by atoms with van der Waals surface area (Å²) in [7, 11) is -5.26. The van der Waals surface area contributed by atoms with Crippen LogP contribution >= 0.6 is 0 Å². The predicted molar refractivity (Wildman–Crippen MR) is 152 cm³/mol. The molecule has 5 atom stereocenters. The molecule has 206 valence electrons. The Labute approximate surface area is 222 Å². The van der Waals surface area contributed by atoms with Crippen LogP contribution in [0.4, 0.5) is 0 Å². The minimum absolute atomic E-state index is 0.0965. The minimum Gasteiger partial charge on any atom is -0.414 e. The molecule has 2 unspecified atom stereocenters. The van der Waals surface area contributed by atoms with Gasteiger partial charge in [0.25, 0.3) is 0 Å². The zero-order valence-corrected chi connectivity index (χ0v) is 26.0. The second-order valence-electron chi connectivity index (χ2n) is 14.2. The number of rotatable bonds is 10. The molecule has 2 aliphatic rings. The summed E-state index contributed by atoms with van der Waals surface area (Å²) in [4.78, 5) is 0.431. The second-order valence-corrected chi connectivity index (χ2v) is 21.0. The van der Waals surface area contributed by atoms with Crippen LogP contribution in [-0.4, -0.2) is 39.3 Å². The van der Waals surface area contributed by atoms with Crippen molar-refractivity contribution in [3.05, 3.63) is 30.3 Å². The first-order valence-electron chi connectivity index (χ1n) is 14.1. The molecule has 0 amide bonds. The van der Waals surface area contributed by atoms with Crippen molar-refractivity contribution in [1.82, 2.24) is 0 Å². The quantitative estimate of drug-likeness (QED) is 0.312. The van der Waals surface area contributed by atoms with Crippen LogP contribution in [0.3, 0.4) is 0 Å². The molecule has 0 spiro atoms. The smallest absolute Gasteiger partial charge is 0.192 e. The lowest BCUT2D eigenvalue weighted by atomic mass is 9.61. The van der Waals surface area contributed by atoms with Crippen molar-refractivity contribution in [3.8, 4) is 0 Å².